The summed E-state index contributed by atoms with van der Waals surface area (Å²) in [5.41, 5.74) is 0.200. The maximum atomic E-state index is 12.4. The van der Waals surface area contributed by atoms with Gasteiger partial charge in [0.1, 0.15) is 5.56 Å². The van der Waals surface area contributed by atoms with E-state index in [1.54, 1.807) is 12.1 Å². The third-order valence-electron chi connectivity index (χ3n) is 3.35. The number of halogens is 2. The van der Waals surface area contributed by atoms with Crippen molar-refractivity contribution in [1.82, 2.24) is 10.2 Å². The van der Waals surface area contributed by atoms with E-state index in [1.165, 1.54) is 13.5 Å². The number of nitrogens with zero attached hydrogens (tertiary/aromatic N) is 1. The predicted octanol–water partition coefficient (Wildman–Crippen LogP) is 3.50. The molecule has 0 bridgehead atoms. The number of nitrogens with one attached hydrogen (secondary N) is 1. The van der Waals surface area contributed by atoms with Gasteiger partial charge in [-0.15, -0.1) is 0 Å². The number of likely N-dealkylation sites (tertiary alicyclic amines) is 1. The number of methoxy groups -OCH3 is 1. The quantitative estimate of drug-likeness (QED) is 0.832. The minimum atomic E-state index is -0.407. The molecule has 0 radical (unpaired) electrons. The van der Waals surface area contributed by atoms with Crippen molar-refractivity contribution in [2.45, 2.75) is 19.3 Å². The predicted molar refractivity (Wildman–Crippen MR) is 88.5 cm³/mol. The zero-order valence-electron chi connectivity index (χ0n) is 11.6. The average Bonchev–Trinajstić information content (AvgIpc) is 2.49. The average molecular weight is 347 g/mol. The zero-order chi connectivity index (χ0) is 15.4. The number of hydrogen-bond acceptors (Lipinski definition) is 3. The molecule has 1 heterocycles. The highest BCUT2D eigenvalue weighted by molar-refractivity contribution is 7.80. The van der Waals surface area contributed by atoms with Gasteiger partial charge >= 0.3 is 0 Å². The lowest BCUT2D eigenvalue weighted by Gasteiger charge is -2.29. The summed E-state index contributed by atoms with van der Waals surface area (Å²) in [4.78, 5) is 14.4. The molecule has 0 aromatic heterocycles. The first-order valence-corrected chi connectivity index (χ1v) is 7.83. The molecule has 1 aliphatic heterocycles. The summed E-state index contributed by atoms with van der Waals surface area (Å²) < 4.78 is 5.17. The maximum Gasteiger partial charge on any atom is 0.262 e. The Bertz CT molecular complexity index is 560. The van der Waals surface area contributed by atoms with Gasteiger partial charge in [0.15, 0.2) is 10.9 Å². The van der Waals surface area contributed by atoms with Crippen molar-refractivity contribution >= 4 is 46.4 Å². The van der Waals surface area contributed by atoms with Crippen molar-refractivity contribution in [1.29, 1.82) is 0 Å². The van der Waals surface area contributed by atoms with Crippen LogP contribution in [0.5, 0.6) is 5.75 Å². The van der Waals surface area contributed by atoms with Gasteiger partial charge in [-0.05, 0) is 43.6 Å². The molecule has 7 heteroatoms. The largest absolute Gasteiger partial charge is 0.494 e. The van der Waals surface area contributed by atoms with Crippen LogP contribution in [0, 0.1) is 0 Å². The van der Waals surface area contributed by atoms with Crippen LogP contribution in [0.15, 0.2) is 12.1 Å². The topological polar surface area (TPSA) is 41.6 Å². The first-order valence-electron chi connectivity index (χ1n) is 6.67. The summed E-state index contributed by atoms with van der Waals surface area (Å²) in [6, 6.07) is 3.15. The number of amides is 1. The number of thiocarbonyl (C=S) groups is 1. The molecular formula is C14H16Cl2N2O2S. The van der Waals surface area contributed by atoms with Crippen LogP contribution >= 0.6 is 35.4 Å². The standard InChI is InChI=1S/C14H16Cl2N2O2S/c1-20-12-10(16)6-5-9(15)11(12)13(19)17-14(21)18-7-3-2-4-8-18/h5-6H,2-4,7-8H2,1H3,(H,17,19,21). The molecule has 4 nitrogen and oxygen atoms in total. The minimum Gasteiger partial charge on any atom is -0.494 e. The Kier molecular flexibility index (Phi) is 5.67. The lowest BCUT2D eigenvalue weighted by molar-refractivity contribution is 0.0969. The number of carbonyl (C=O) groups is 1. The number of piperidine rings is 1. The van der Waals surface area contributed by atoms with E-state index in [-0.39, 0.29) is 16.3 Å². The summed E-state index contributed by atoms with van der Waals surface area (Å²) in [6.45, 7) is 1.72. The molecule has 2 rings (SSSR count). The molecule has 0 spiro atoms. The van der Waals surface area contributed by atoms with Crippen LogP contribution in [0.2, 0.25) is 10.0 Å². The smallest absolute Gasteiger partial charge is 0.262 e. The van der Waals surface area contributed by atoms with Crippen LogP contribution in [0.4, 0.5) is 0 Å². The molecule has 0 saturated carbocycles. The van der Waals surface area contributed by atoms with Gasteiger partial charge in [-0.1, -0.05) is 23.2 Å². The van der Waals surface area contributed by atoms with Crippen LogP contribution in [-0.4, -0.2) is 36.1 Å². The Balaban J connectivity index is 2.16. The molecular weight excluding hydrogens is 331 g/mol. The number of benzene rings is 1. The summed E-state index contributed by atoms with van der Waals surface area (Å²) in [7, 11) is 1.44. The van der Waals surface area contributed by atoms with Gasteiger partial charge in [0.25, 0.3) is 5.91 Å². The van der Waals surface area contributed by atoms with E-state index in [9.17, 15) is 4.79 Å². The summed E-state index contributed by atoms with van der Waals surface area (Å²) >= 11 is 17.4. The number of rotatable bonds is 2. The van der Waals surface area contributed by atoms with E-state index in [2.05, 4.69) is 5.32 Å². The molecule has 1 fully saturated rings. The second-order valence-corrected chi connectivity index (χ2v) is 5.95. The number of ether oxygens (including phenoxy) is 1. The fourth-order valence-electron chi connectivity index (χ4n) is 2.28. The first kappa shape index (κ1) is 16.3. The minimum absolute atomic E-state index is 0.200. The molecule has 0 atom stereocenters. The molecule has 1 amide bonds. The van der Waals surface area contributed by atoms with Gasteiger partial charge in [0.2, 0.25) is 0 Å². The monoisotopic (exact) mass is 346 g/mol. The Labute approximate surface area is 139 Å². The van der Waals surface area contributed by atoms with E-state index < -0.39 is 5.91 Å². The van der Waals surface area contributed by atoms with E-state index in [4.69, 9.17) is 40.2 Å². The Morgan fingerprint density at radius 2 is 1.86 bits per heavy atom. The number of carbonyl (C=O) groups excluding carboxylic acids is 1. The van der Waals surface area contributed by atoms with E-state index in [0.717, 1.165) is 25.9 Å². The summed E-state index contributed by atoms with van der Waals surface area (Å²) in [5, 5.41) is 3.72. The van der Waals surface area contributed by atoms with Crippen LogP contribution in [0.3, 0.4) is 0 Å². The molecule has 0 aliphatic carbocycles. The lowest BCUT2D eigenvalue weighted by Crippen LogP contribution is -2.45. The molecule has 1 aliphatic rings. The van der Waals surface area contributed by atoms with Gasteiger partial charge < -0.3 is 9.64 Å². The van der Waals surface area contributed by atoms with Crippen LogP contribution in [0.25, 0.3) is 0 Å². The maximum absolute atomic E-state index is 12.4. The summed E-state index contributed by atoms with van der Waals surface area (Å²) in [5.74, 6) is -0.155. The van der Waals surface area contributed by atoms with Crippen molar-refractivity contribution in [2.24, 2.45) is 0 Å². The molecule has 1 aromatic carbocycles. The van der Waals surface area contributed by atoms with Crippen LogP contribution < -0.4 is 10.1 Å². The summed E-state index contributed by atoms with van der Waals surface area (Å²) in [6.07, 6.45) is 3.36. The normalized spacial score (nSPS) is 14.7. The molecule has 0 unspecified atom stereocenters. The highest BCUT2D eigenvalue weighted by Gasteiger charge is 2.22. The van der Waals surface area contributed by atoms with Crippen LogP contribution in [-0.2, 0) is 0 Å². The van der Waals surface area contributed by atoms with Crippen molar-refractivity contribution in [3.63, 3.8) is 0 Å². The van der Waals surface area contributed by atoms with E-state index >= 15 is 0 Å². The van der Waals surface area contributed by atoms with Gasteiger partial charge in [-0.3, -0.25) is 10.1 Å². The van der Waals surface area contributed by atoms with E-state index in [0.29, 0.717) is 10.1 Å². The molecule has 1 saturated heterocycles. The second-order valence-electron chi connectivity index (χ2n) is 4.74. The third-order valence-corrected chi connectivity index (χ3v) is 4.33. The molecule has 114 valence electrons. The second kappa shape index (κ2) is 7.29. The van der Waals surface area contributed by atoms with Crippen molar-refractivity contribution < 1.29 is 9.53 Å². The van der Waals surface area contributed by atoms with Crippen molar-refractivity contribution in [3.8, 4) is 5.75 Å². The van der Waals surface area contributed by atoms with Crippen LogP contribution in [0.1, 0.15) is 29.6 Å². The van der Waals surface area contributed by atoms with Gasteiger partial charge in [0.05, 0.1) is 17.2 Å². The van der Waals surface area contributed by atoms with Gasteiger partial charge in [-0.25, -0.2) is 0 Å². The molecule has 1 N–H and O–H groups in total. The SMILES string of the molecule is COc1c(Cl)ccc(Cl)c1C(=O)NC(=S)N1CCCCC1. The molecule has 1 aromatic rings. The Morgan fingerprint density at radius 1 is 1.24 bits per heavy atom. The fourth-order valence-corrected chi connectivity index (χ4v) is 3.02. The van der Waals surface area contributed by atoms with E-state index in [1.807, 2.05) is 4.90 Å². The van der Waals surface area contributed by atoms with Crippen molar-refractivity contribution in [2.75, 3.05) is 20.2 Å². The highest BCUT2D eigenvalue weighted by atomic mass is 35.5. The third kappa shape index (κ3) is 3.78. The van der Waals surface area contributed by atoms with Gasteiger partial charge in [0, 0.05) is 13.1 Å². The Morgan fingerprint density at radius 3 is 2.48 bits per heavy atom. The fraction of sp³-hybridized carbons (Fsp3) is 0.429. The van der Waals surface area contributed by atoms with Gasteiger partial charge in [-0.2, -0.15) is 0 Å². The Hall–Kier alpha value is -1.04. The first-order chi connectivity index (χ1) is 10.0. The number of hydrogen-bond donors (Lipinski definition) is 1. The van der Waals surface area contributed by atoms with Crippen molar-refractivity contribution in [3.05, 3.63) is 27.7 Å². The highest BCUT2D eigenvalue weighted by Crippen LogP contribution is 2.33. The lowest BCUT2D eigenvalue weighted by atomic mass is 10.1. The molecule has 21 heavy (non-hydrogen) atoms. The zero-order valence-corrected chi connectivity index (χ0v) is 13.9.